The van der Waals surface area contributed by atoms with E-state index in [0.717, 1.165) is 12.3 Å². The van der Waals surface area contributed by atoms with E-state index < -0.39 is 0 Å². The van der Waals surface area contributed by atoms with Crippen LogP contribution in [0, 0.1) is 5.92 Å². The summed E-state index contributed by atoms with van der Waals surface area (Å²) in [5.74, 6) is 0.803. The summed E-state index contributed by atoms with van der Waals surface area (Å²) >= 11 is 5.32. The first-order chi connectivity index (χ1) is 6.59. The van der Waals surface area contributed by atoms with Crippen molar-refractivity contribution in [1.82, 2.24) is 0 Å². The van der Waals surface area contributed by atoms with Crippen molar-refractivity contribution in [3.8, 4) is 0 Å². The Morgan fingerprint density at radius 3 is 3.00 bits per heavy atom. The lowest BCUT2D eigenvalue weighted by molar-refractivity contribution is 0.419. The molecule has 1 aliphatic rings. The molecule has 1 fully saturated rings. The van der Waals surface area contributed by atoms with E-state index in [4.69, 9.17) is 5.73 Å². The van der Waals surface area contributed by atoms with Crippen LogP contribution in [0.1, 0.15) is 31.7 Å². The smallest absolute Gasteiger partial charge is 0.0731 e. The van der Waals surface area contributed by atoms with Gasteiger partial charge in [0, 0.05) is 5.54 Å². The minimum Gasteiger partial charge on any atom is -0.325 e. The molecule has 2 atom stereocenters. The van der Waals surface area contributed by atoms with Crippen LogP contribution in [0.25, 0.3) is 0 Å². The summed E-state index contributed by atoms with van der Waals surface area (Å²) in [4.78, 5) is 0. The predicted octanol–water partition coefficient (Wildman–Crippen LogP) is 3.57. The largest absolute Gasteiger partial charge is 0.325 e. The first-order valence-corrected chi connectivity index (χ1v) is 6.77. The van der Waals surface area contributed by atoms with Gasteiger partial charge in [0.05, 0.1) is 3.79 Å². The zero-order chi connectivity index (χ0) is 10.2. The van der Waals surface area contributed by atoms with Crippen LogP contribution in [0.5, 0.6) is 0 Å². The fourth-order valence-electron chi connectivity index (χ4n) is 2.42. The highest BCUT2D eigenvalue weighted by atomic mass is 79.9. The van der Waals surface area contributed by atoms with Crippen molar-refractivity contribution in [1.29, 1.82) is 0 Å². The van der Waals surface area contributed by atoms with Gasteiger partial charge in [-0.3, -0.25) is 0 Å². The molecule has 78 valence electrons. The molecule has 1 saturated carbocycles. The van der Waals surface area contributed by atoms with Crippen molar-refractivity contribution < 1.29 is 0 Å². The summed E-state index contributed by atoms with van der Waals surface area (Å²) in [6.07, 6.45) is 4.67. The van der Waals surface area contributed by atoms with E-state index in [1.807, 2.05) is 0 Å². The van der Waals surface area contributed by atoms with E-state index in [1.165, 1.54) is 28.6 Å². The van der Waals surface area contributed by atoms with E-state index in [2.05, 4.69) is 34.3 Å². The summed E-state index contributed by atoms with van der Waals surface area (Å²) in [5, 5.41) is 2.13. The maximum absolute atomic E-state index is 6.39. The fourth-order valence-corrected chi connectivity index (χ4v) is 3.66. The molecule has 0 bridgehead atoms. The molecule has 2 N–H and O–H groups in total. The van der Waals surface area contributed by atoms with Gasteiger partial charge in [-0.25, -0.2) is 0 Å². The van der Waals surface area contributed by atoms with Crippen LogP contribution >= 0.6 is 27.3 Å². The Morgan fingerprint density at radius 2 is 2.50 bits per heavy atom. The third-order valence-corrected chi connectivity index (χ3v) is 4.94. The SMILES string of the molecule is CC1CCC(N)(Cc2ccsc2Br)C1. The van der Waals surface area contributed by atoms with Crippen molar-refractivity contribution in [2.75, 3.05) is 0 Å². The minimum atomic E-state index is 0.0585. The Balaban J connectivity index is 2.07. The van der Waals surface area contributed by atoms with E-state index in [-0.39, 0.29) is 5.54 Å². The number of rotatable bonds is 2. The minimum absolute atomic E-state index is 0.0585. The summed E-state index contributed by atoms with van der Waals surface area (Å²) in [7, 11) is 0. The number of thiophene rings is 1. The second-order valence-corrected chi connectivity index (χ2v) is 6.84. The molecule has 0 amide bonds. The predicted molar refractivity (Wildman–Crippen MR) is 65.7 cm³/mol. The Bertz CT molecular complexity index is 323. The van der Waals surface area contributed by atoms with E-state index in [0.29, 0.717) is 0 Å². The molecule has 14 heavy (non-hydrogen) atoms. The van der Waals surface area contributed by atoms with Crippen molar-refractivity contribution in [3.63, 3.8) is 0 Å². The summed E-state index contributed by atoms with van der Waals surface area (Å²) < 4.78 is 1.25. The van der Waals surface area contributed by atoms with Crippen molar-refractivity contribution >= 4 is 27.3 Å². The van der Waals surface area contributed by atoms with Gasteiger partial charge >= 0.3 is 0 Å². The van der Waals surface area contributed by atoms with Crippen LogP contribution in [-0.4, -0.2) is 5.54 Å². The highest BCUT2D eigenvalue weighted by Gasteiger charge is 2.34. The van der Waals surface area contributed by atoms with Gasteiger partial charge in [0.25, 0.3) is 0 Å². The Hall–Kier alpha value is 0.140. The molecule has 0 saturated heterocycles. The number of hydrogen-bond donors (Lipinski definition) is 1. The molecule has 0 spiro atoms. The third-order valence-electron chi connectivity index (χ3n) is 3.13. The topological polar surface area (TPSA) is 26.0 Å². The van der Waals surface area contributed by atoms with Crippen LogP contribution < -0.4 is 5.73 Å². The van der Waals surface area contributed by atoms with Crippen LogP contribution in [-0.2, 0) is 6.42 Å². The number of halogens is 1. The molecular weight excluding hydrogens is 258 g/mol. The molecule has 3 heteroatoms. The molecule has 1 nitrogen and oxygen atoms in total. The number of nitrogens with two attached hydrogens (primary N) is 1. The molecule has 1 aliphatic carbocycles. The maximum Gasteiger partial charge on any atom is 0.0731 e. The van der Waals surface area contributed by atoms with Gasteiger partial charge in [-0.1, -0.05) is 6.92 Å². The highest BCUT2D eigenvalue weighted by Crippen LogP contribution is 2.37. The standard InChI is InChI=1S/C11H16BrNS/c1-8-2-4-11(13,6-8)7-9-3-5-14-10(9)12/h3,5,8H,2,4,6-7,13H2,1H3. The van der Waals surface area contributed by atoms with Crippen LogP contribution in [0.2, 0.25) is 0 Å². The van der Waals surface area contributed by atoms with Gasteiger partial charge in [0.1, 0.15) is 0 Å². The maximum atomic E-state index is 6.39. The Kier molecular flexibility index (Phi) is 3.01. The molecule has 1 heterocycles. The van der Waals surface area contributed by atoms with Gasteiger partial charge in [-0.15, -0.1) is 11.3 Å². The van der Waals surface area contributed by atoms with Crippen molar-refractivity contribution in [2.45, 2.75) is 38.1 Å². The fraction of sp³-hybridized carbons (Fsp3) is 0.636. The monoisotopic (exact) mass is 273 g/mol. The molecule has 1 aromatic heterocycles. The van der Waals surface area contributed by atoms with Gasteiger partial charge in [-0.2, -0.15) is 0 Å². The van der Waals surface area contributed by atoms with Gasteiger partial charge in [0.2, 0.25) is 0 Å². The lowest BCUT2D eigenvalue weighted by Crippen LogP contribution is -2.39. The van der Waals surface area contributed by atoms with E-state index in [9.17, 15) is 0 Å². The van der Waals surface area contributed by atoms with Gasteiger partial charge in [-0.05, 0) is 64.5 Å². The van der Waals surface area contributed by atoms with Crippen LogP contribution in [0.3, 0.4) is 0 Å². The third kappa shape index (κ3) is 2.20. The first-order valence-electron chi connectivity index (χ1n) is 5.10. The Labute approximate surface area is 97.8 Å². The average molecular weight is 274 g/mol. The quantitative estimate of drug-likeness (QED) is 0.876. The van der Waals surface area contributed by atoms with Crippen molar-refractivity contribution in [2.24, 2.45) is 11.7 Å². The van der Waals surface area contributed by atoms with Crippen molar-refractivity contribution in [3.05, 3.63) is 20.8 Å². The molecule has 2 unspecified atom stereocenters. The normalized spacial score (nSPS) is 32.4. The lowest BCUT2D eigenvalue weighted by Gasteiger charge is -2.23. The molecule has 2 rings (SSSR count). The number of hydrogen-bond acceptors (Lipinski definition) is 2. The lowest BCUT2D eigenvalue weighted by atomic mass is 9.91. The Morgan fingerprint density at radius 1 is 1.71 bits per heavy atom. The summed E-state index contributed by atoms with van der Waals surface area (Å²) in [6.45, 7) is 2.30. The van der Waals surface area contributed by atoms with Gasteiger partial charge < -0.3 is 5.73 Å². The van der Waals surface area contributed by atoms with Crippen LogP contribution in [0.15, 0.2) is 15.2 Å². The average Bonchev–Trinajstić information content (AvgIpc) is 2.62. The van der Waals surface area contributed by atoms with E-state index in [1.54, 1.807) is 11.3 Å². The molecular formula is C11H16BrNS. The summed E-state index contributed by atoms with van der Waals surface area (Å²) in [5.41, 5.74) is 7.83. The highest BCUT2D eigenvalue weighted by molar-refractivity contribution is 9.11. The van der Waals surface area contributed by atoms with E-state index >= 15 is 0 Å². The zero-order valence-corrected chi connectivity index (χ0v) is 10.8. The summed E-state index contributed by atoms with van der Waals surface area (Å²) in [6, 6.07) is 2.19. The molecule has 0 radical (unpaired) electrons. The second kappa shape index (κ2) is 3.95. The molecule has 0 aromatic carbocycles. The molecule has 0 aliphatic heterocycles. The second-order valence-electron chi connectivity index (χ2n) is 4.61. The van der Waals surface area contributed by atoms with Crippen LogP contribution in [0.4, 0.5) is 0 Å². The zero-order valence-electron chi connectivity index (χ0n) is 8.42. The molecule has 1 aromatic rings. The first kappa shape index (κ1) is 10.7. The van der Waals surface area contributed by atoms with Gasteiger partial charge in [0.15, 0.2) is 0 Å².